The van der Waals surface area contributed by atoms with Gasteiger partial charge in [0.2, 0.25) is 0 Å². The minimum Gasteiger partial charge on any atom is -0.494 e. The predicted molar refractivity (Wildman–Crippen MR) is 123 cm³/mol. The van der Waals surface area contributed by atoms with Crippen molar-refractivity contribution < 1.29 is 4.74 Å². The number of hydrogen-bond acceptors (Lipinski definition) is 1. The molecule has 1 heteroatoms. The summed E-state index contributed by atoms with van der Waals surface area (Å²) >= 11 is 0. The van der Waals surface area contributed by atoms with Gasteiger partial charge in [-0.2, -0.15) is 0 Å². The van der Waals surface area contributed by atoms with Gasteiger partial charge in [0.05, 0.1) is 6.61 Å². The Morgan fingerprint density at radius 1 is 0.714 bits per heavy atom. The van der Waals surface area contributed by atoms with Gasteiger partial charge >= 0.3 is 0 Å². The zero-order chi connectivity index (χ0) is 19.9. The van der Waals surface area contributed by atoms with Gasteiger partial charge in [-0.15, -0.1) is 0 Å². The lowest BCUT2D eigenvalue weighted by Crippen LogP contribution is -2.20. The van der Waals surface area contributed by atoms with Crippen LogP contribution in [0.1, 0.15) is 116 Å². The highest BCUT2D eigenvalue weighted by Gasteiger charge is 2.24. The summed E-state index contributed by atoms with van der Waals surface area (Å²) in [5.41, 5.74) is 1.46. The first-order valence-electron chi connectivity index (χ1n) is 12.5. The summed E-state index contributed by atoms with van der Waals surface area (Å²) in [4.78, 5) is 0. The maximum absolute atomic E-state index is 6.04. The van der Waals surface area contributed by atoms with Crippen molar-refractivity contribution in [2.24, 2.45) is 11.8 Å². The zero-order valence-corrected chi connectivity index (χ0v) is 18.9. The van der Waals surface area contributed by atoms with Gasteiger partial charge in [-0.25, -0.2) is 0 Å². The highest BCUT2D eigenvalue weighted by Crippen LogP contribution is 2.36. The Hall–Kier alpha value is -0.980. The molecule has 28 heavy (non-hydrogen) atoms. The first-order valence-corrected chi connectivity index (χ1v) is 12.5. The van der Waals surface area contributed by atoms with E-state index in [0.29, 0.717) is 0 Å². The van der Waals surface area contributed by atoms with Gasteiger partial charge in [0.1, 0.15) is 5.75 Å². The van der Waals surface area contributed by atoms with Crippen LogP contribution in [0.25, 0.3) is 0 Å². The summed E-state index contributed by atoms with van der Waals surface area (Å²) in [6, 6.07) is 8.88. The van der Waals surface area contributed by atoms with Gasteiger partial charge in [-0.3, -0.25) is 0 Å². The number of unbranched alkanes of at least 4 members (excludes halogenated alkanes) is 6. The Morgan fingerprint density at radius 2 is 1.32 bits per heavy atom. The van der Waals surface area contributed by atoms with E-state index in [2.05, 4.69) is 38.1 Å². The third-order valence-electron chi connectivity index (χ3n) is 6.73. The number of hydrogen-bond donors (Lipinski definition) is 0. The number of ether oxygens (including phenoxy) is 1. The maximum atomic E-state index is 6.04. The van der Waals surface area contributed by atoms with E-state index in [0.717, 1.165) is 24.2 Å². The lowest BCUT2D eigenvalue weighted by molar-refractivity contribution is 0.190. The van der Waals surface area contributed by atoms with Crippen LogP contribution in [0.4, 0.5) is 0 Å². The van der Waals surface area contributed by atoms with Crippen LogP contribution in [-0.4, -0.2) is 6.61 Å². The van der Waals surface area contributed by atoms with Crippen LogP contribution in [-0.2, 0) is 6.42 Å². The first kappa shape index (κ1) is 23.3. The highest BCUT2D eigenvalue weighted by molar-refractivity contribution is 5.27. The van der Waals surface area contributed by atoms with Crippen molar-refractivity contribution in [3.63, 3.8) is 0 Å². The average Bonchev–Trinajstić information content (AvgIpc) is 2.73. The van der Waals surface area contributed by atoms with Crippen molar-refractivity contribution in [3.8, 4) is 5.75 Å². The fraction of sp³-hybridized carbons (Fsp3) is 0.778. The van der Waals surface area contributed by atoms with Gasteiger partial charge < -0.3 is 4.74 Å². The maximum Gasteiger partial charge on any atom is 0.119 e. The first-order chi connectivity index (χ1) is 13.8. The molecule has 0 aliphatic heterocycles. The molecule has 0 heterocycles. The van der Waals surface area contributed by atoms with Crippen molar-refractivity contribution in [1.29, 1.82) is 0 Å². The van der Waals surface area contributed by atoms with Gasteiger partial charge in [0.15, 0.2) is 0 Å². The molecule has 1 aliphatic rings. The van der Waals surface area contributed by atoms with E-state index in [1.54, 1.807) is 0 Å². The Labute approximate surface area is 175 Å². The molecule has 1 aromatic rings. The lowest BCUT2D eigenvalue weighted by Gasteiger charge is -2.31. The van der Waals surface area contributed by atoms with Crippen LogP contribution in [0.5, 0.6) is 5.75 Å². The van der Waals surface area contributed by atoms with E-state index in [1.807, 2.05) is 0 Å². The molecular weight excluding hydrogens is 340 g/mol. The molecule has 1 fully saturated rings. The summed E-state index contributed by atoms with van der Waals surface area (Å²) in [6.07, 6.45) is 22.1. The van der Waals surface area contributed by atoms with Gasteiger partial charge in [0.25, 0.3) is 0 Å². The summed E-state index contributed by atoms with van der Waals surface area (Å²) < 4.78 is 6.04. The highest BCUT2D eigenvalue weighted by atomic mass is 16.5. The summed E-state index contributed by atoms with van der Waals surface area (Å²) in [5, 5.41) is 0. The van der Waals surface area contributed by atoms with Gasteiger partial charge in [-0.05, 0) is 55.2 Å². The molecule has 0 radical (unpaired) electrons. The van der Waals surface area contributed by atoms with E-state index in [-0.39, 0.29) is 0 Å². The van der Waals surface area contributed by atoms with Crippen LogP contribution in [0, 0.1) is 11.8 Å². The molecule has 1 aromatic carbocycles. The lowest BCUT2D eigenvalue weighted by atomic mass is 9.74. The number of rotatable bonds is 15. The van der Waals surface area contributed by atoms with Crippen molar-refractivity contribution in [3.05, 3.63) is 29.8 Å². The van der Waals surface area contributed by atoms with Crippen LogP contribution < -0.4 is 4.74 Å². The largest absolute Gasteiger partial charge is 0.494 e. The molecule has 1 nitrogen and oxygen atoms in total. The summed E-state index contributed by atoms with van der Waals surface area (Å²) in [7, 11) is 0. The number of aryl methyl sites for hydroxylation is 1. The molecule has 2 rings (SSSR count). The zero-order valence-electron chi connectivity index (χ0n) is 18.9. The predicted octanol–water partition coefficient (Wildman–Crippen LogP) is 8.75. The topological polar surface area (TPSA) is 9.23 Å². The monoisotopic (exact) mass is 386 g/mol. The van der Waals surface area contributed by atoms with Crippen molar-refractivity contribution >= 4 is 0 Å². The normalized spacial score (nSPS) is 19.6. The molecule has 1 aliphatic carbocycles. The fourth-order valence-corrected chi connectivity index (χ4v) is 4.92. The third-order valence-corrected chi connectivity index (χ3v) is 6.73. The quantitative estimate of drug-likeness (QED) is 0.274. The minimum absolute atomic E-state index is 0.883. The number of benzene rings is 1. The Bertz CT molecular complexity index is 478. The molecule has 0 saturated heterocycles. The standard InChI is InChI=1S/C27H46O/c1-3-5-7-8-10-14-24-19-21-27(22-20-24)28-23-13-18-26-17-12-11-16-25(26)15-9-6-4-2/h19-22,25-26H,3-18,23H2,1-2H3. The fourth-order valence-electron chi connectivity index (χ4n) is 4.92. The SMILES string of the molecule is CCCCCCCc1ccc(OCCCC2CCCCC2CCCCC)cc1. The second-order valence-electron chi connectivity index (χ2n) is 9.10. The van der Waals surface area contributed by atoms with E-state index in [9.17, 15) is 0 Å². The van der Waals surface area contributed by atoms with Crippen molar-refractivity contribution in [2.75, 3.05) is 6.61 Å². The van der Waals surface area contributed by atoms with Crippen LogP contribution >= 0.6 is 0 Å². The molecule has 0 aromatic heterocycles. The molecule has 160 valence electrons. The Kier molecular flexibility index (Phi) is 12.4. The minimum atomic E-state index is 0.883. The van der Waals surface area contributed by atoms with Crippen LogP contribution in [0.15, 0.2) is 24.3 Å². The molecule has 2 unspecified atom stereocenters. The van der Waals surface area contributed by atoms with Crippen molar-refractivity contribution in [1.82, 2.24) is 0 Å². The summed E-state index contributed by atoms with van der Waals surface area (Å²) in [6.45, 7) is 5.48. The van der Waals surface area contributed by atoms with Crippen LogP contribution in [0.2, 0.25) is 0 Å². The summed E-state index contributed by atoms with van der Waals surface area (Å²) in [5.74, 6) is 3.01. The molecular formula is C27H46O. The van der Waals surface area contributed by atoms with E-state index in [1.165, 1.54) is 108 Å². The molecule has 0 spiro atoms. The molecule has 0 amide bonds. The van der Waals surface area contributed by atoms with Gasteiger partial charge in [0, 0.05) is 0 Å². The van der Waals surface area contributed by atoms with Gasteiger partial charge in [-0.1, -0.05) is 103 Å². The Balaban J connectivity index is 1.60. The molecule has 0 bridgehead atoms. The van der Waals surface area contributed by atoms with Crippen LogP contribution in [0.3, 0.4) is 0 Å². The van der Waals surface area contributed by atoms with E-state index < -0.39 is 0 Å². The average molecular weight is 387 g/mol. The van der Waals surface area contributed by atoms with E-state index in [4.69, 9.17) is 4.74 Å². The molecule has 0 N–H and O–H groups in total. The molecule has 1 saturated carbocycles. The van der Waals surface area contributed by atoms with E-state index >= 15 is 0 Å². The third kappa shape index (κ3) is 9.48. The smallest absolute Gasteiger partial charge is 0.119 e. The Morgan fingerprint density at radius 3 is 2.00 bits per heavy atom. The molecule has 2 atom stereocenters. The second-order valence-corrected chi connectivity index (χ2v) is 9.10. The van der Waals surface area contributed by atoms with Crippen molar-refractivity contribution in [2.45, 2.75) is 117 Å². The second kappa shape index (κ2) is 14.9.